The summed E-state index contributed by atoms with van der Waals surface area (Å²) in [7, 11) is 1.44. The quantitative estimate of drug-likeness (QED) is 0.247. The van der Waals surface area contributed by atoms with E-state index in [0.29, 0.717) is 5.92 Å². The maximum atomic E-state index is 11.2. The number of ether oxygens (including phenoxy) is 1. The minimum atomic E-state index is -0.227. The Kier molecular flexibility index (Phi) is 14.0. The van der Waals surface area contributed by atoms with E-state index in [0.717, 1.165) is 0 Å². The molecule has 0 aliphatic heterocycles. The molecule has 0 saturated heterocycles. The number of hydrogen-bond donors (Lipinski definition) is 0. The lowest BCUT2D eigenvalue weighted by Crippen LogP contribution is -2.00. The van der Waals surface area contributed by atoms with Crippen LogP contribution in [0.1, 0.15) is 84.5 Å². The molecule has 0 bridgehead atoms. The molecule has 0 heterocycles. The van der Waals surface area contributed by atoms with E-state index in [1.165, 1.54) is 77.7 Å². The molecule has 0 aromatic carbocycles. The fourth-order valence-corrected chi connectivity index (χ4v) is 2.46. The summed E-state index contributed by atoms with van der Waals surface area (Å²) in [5.74, 6) is 0.321. The normalized spacial score (nSPS) is 12.8. The average Bonchev–Trinajstić information content (AvgIpc) is 2.47. The highest BCUT2D eigenvalue weighted by atomic mass is 16.5. The van der Waals surface area contributed by atoms with Crippen LogP contribution in [0.25, 0.3) is 0 Å². The molecule has 1 atom stereocenters. The summed E-state index contributed by atoms with van der Waals surface area (Å²) in [5.41, 5.74) is 0. The van der Waals surface area contributed by atoms with Crippen molar-refractivity contribution >= 4 is 5.97 Å². The third kappa shape index (κ3) is 12.3. The number of esters is 1. The number of rotatable bonds is 13. The highest BCUT2D eigenvalue weighted by Crippen LogP contribution is 2.20. The molecule has 0 aromatic heterocycles. The van der Waals surface area contributed by atoms with E-state index in [-0.39, 0.29) is 5.97 Å². The fraction of sp³-hybridized carbons (Fsp3) is 0.833. The topological polar surface area (TPSA) is 26.3 Å². The van der Waals surface area contributed by atoms with Crippen molar-refractivity contribution in [3.63, 3.8) is 0 Å². The standard InChI is InChI=1S/C18H34O2/c1-4-6-8-10-12-14-17(13-11-9-7-5-2)15-16-18(19)20-3/h15-17H,4-14H2,1-3H3/b16-15+. The summed E-state index contributed by atoms with van der Waals surface area (Å²) in [4.78, 5) is 11.2. The molecule has 2 nitrogen and oxygen atoms in total. The van der Waals surface area contributed by atoms with Crippen molar-refractivity contribution in [2.75, 3.05) is 7.11 Å². The van der Waals surface area contributed by atoms with Crippen LogP contribution in [0.5, 0.6) is 0 Å². The molecule has 0 rings (SSSR count). The van der Waals surface area contributed by atoms with Crippen LogP contribution in [0.15, 0.2) is 12.2 Å². The van der Waals surface area contributed by atoms with Gasteiger partial charge in [-0.1, -0.05) is 77.7 Å². The zero-order chi connectivity index (χ0) is 15.1. The predicted molar refractivity (Wildman–Crippen MR) is 86.8 cm³/mol. The zero-order valence-electron chi connectivity index (χ0n) is 13.8. The van der Waals surface area contributed by atoms with Gasteiger partial charge in [-0.15, -0.1) is 0 Å². The van der Waals surface area contributed by atoms with Crippen LogP contribution in [-0.4, -0.2) is 13.1 Å². The van der Waals surface area contributed by atoms with Crippen molar-refractivity contribution in [2.45, 2.75) is 84.5 Å². The van der Waals surface area contributed by atoms with Gasteiger partial charge < -0.3 is 4.74 Å². The van der Waals surface area contributed by atoms with E-state index in [2.05, 4.69) is 24.7 Å². The summed E-state index contributed by atoms with van der Waals surface area (Å²) in [6, 6.07) is 0. The average molecular weight is 282 g/mol. The lowest BCUT2D eigenvalue weighted by atomic mass is 9.94. The molecule has 2 heteroatoms. The van der Waals surface area contributed by atoms with Crippen LogP contribution in [0.2, 0.25) is 0 Å². The lowest BCUT2D eigenvalue weighted by Gasteiger charge is -2.12. The molecule has 0 aromatic rings. The molecule has 0 amide bonds. The summed E-state index contributed by atoms with van der Waals surface area (Å²) >= 11 is 0. The number of allylic oxidation sites excluding steroid dienone is 1. The van der Waals surface area contributed by atoms with Crippen LogP contribution >= 0.6 is 0 Å². The lowest BCUT2D eigenvalue weighted by molar-refractivity contribution is -0.134. The molecule has 1 unspecified atom stereocenters. The smallest absolute Gasteiger partial charge is 0.330 e. The largest absolute Gasteiger partial charge is 0.466 e. The highest BCUT2D eigenvalue weighted by Gasteiger charge is 2.06. The van der Waals surface area contributed by atoms with Crippen LogP contribution < -0.4 is 0 Å². The summed E-state index contributed by atoms with van der Waals surface area (Å²) in [6.07, 6.45) is 17.9. The Morgan fingerprint density at radius 1 is 0.900 bits per heavy atom. The third-order valence-corrected chi connectivity index (χ3v) is 3.81. The first-order chi connectivity index (χ1) is 9.74. The maximum Gasteiger partial charge on any atom is 0.330 e. The molecule has 20 heavy (non-hydrogen) atoms. The summed E-state index contributed by atoms with van der Waals surface area (Å²) in [6.45, 7) is 4.48. The van der Waals surface area contributed by atoms with Crippen LogP contribution in [0, 0.1) is 5.92 Å². The van der Waals surface area contributed by atoms with E-state index in [1.807, 2.05) is 0 Å². The minimum absolute atomic E-state index is 0.227. The Balaban J connectivity index is 3.97. The van der Waals surface area contributed by atoms with Gasteiger partial charge in [0.2, 0.25) is 0 Å². The Morgan fingerprint density at radius 3 is 1.90 bits per heavy atom. The van der Waals surface area contributed by atoms with Crippen LogP contribution in [0.3, 0.4) is 0 Å². The number of unbranched alkanes of at least 4 members (excludes halogenated alkanes) is 7. The first kappa shape index (κ1) is 19.2. The number of carbonyl (C=O) groups excluding carboxylic acids is 1. The van der Waals surface area contributed by atoms with E-state index in [9.17, 15) is 4.79 Å². The fourth-order valence-electron chi connectivity index (χ4n) is 2.46. The Morgan fingerprint density at radius 2 is 1.40 bits per heavy atom. The van der Waals surface area contributed by atoms with E-state index < -0.39 is 0 Å². The van der Waals surface area contributed by atoms with Crippen LogP contribution in [-0.2, 0) is 9.53 Å². The third-order valence-electron chi connectivity index (χ3n) is 3.81. The van der Waals surface area contributed by atoms with E-state index >= 15 is 0 Å². The number of hydrogen-bond acceptors (Lipinski definition) is 2. The molecule has 0 N–H and O–H groups in total. The second kappa shape index (κ2) is 14.6. The van der Waals surface area contributed by atoms with Crippen molar-refractivity contribution in [3.05, 3.63) is 12.2 Å². The summed E-state index contributed by atoms with van der Waals surface area (Å²) in [5, 5.41) is 0. The van der Waals surface area contributed by atoms with Crippen molar-refractivity contribution in [3.8, 4) is 0 Å². The van der Waals surface area contributed by atoms with Gasteiger partial charge in [0.25, 0.3) is 0 Å². The molecule has 0 fully saturated rings. The SMILES string of the molecule is CCCCCCCC(/C=C/C(=O)OC)CCCCCC. The Bertz CT molecular complexity index is 246. The zero-order valence-corrected chi connectivity index (χ0v) is 13.8. The van der Waals surface area contributed by atoms with Gasteiger partial charge in [-0.3, -0.25) is 0 Å². The van der Waals surface area contributed by atoms with Gasteiger partial charge in [0.1, 0.15) is 0 Å². The van der Waals surface area contributed by atoms with Crippen molar-refractivity contribution in [1.82, 2.24) is 0 Å². The molecule has 0 radical (unpaired) electrons. The monoisotopic (exact) mass is 282 g/mol. The van der Waals surface area contributed by atoms with Crippen molar-refractivity contribution in [2.24, 2.45) is 5.92 Å². The highest BCUT2D eigenvalue weighted by molar-refractivity contribution is 5.81. The predicted octanol–water partition coefficient (Wildman–Crippen LogP) is 5.66. The van der Waals surface area contributed by atoms with Gasteiger partial charge in [0.05, 0.1) is 7.11 Å². The van der Waals surface area contributed by atoms with Gasteiger partial charge in [-0.2, -0.15) is 0 Å². The van der Waals surface area contributed by atoms with Crippen molar-refractivity contribution < 1.29 is 9.53 Å². The number of methoxy groups -OCH3 is 1. The first-order valence-electron chi connectivity index (χ1n) is 8.50. The second-order valence-electron chi connectivity index (χ2n) is 5.69. The Hall–Kier alpha value is -0.790. The maximum absolute atomic E-state index is 11.2. The molecule has 0 spiro atoms. The molecular formula is C18H34O2. The van der Waals surface area contributed by atoms with Gasteiger partial charge in [-0.25, -0.2) is 4.79 Å². The first-order valence-corrected chi connectivity index (χ1v) is 8.50. The molecule has 0 aliphatic rings. The van der Waals surface area contributed by atoms with Gasteiger partial charge >= 0.3 is 5.97 Å². The molecular weight excluding hydrogens is 248 g/mol. The van der Waals surface area contributed by atoms with E-state index in [1.54, 1.807) is 6.08 Å². The van der Waals surface area contributed by atoms with Gasteiger partial charge in [-0.05, 0) is 18.8 Å². The van der Waals surface area contributed by atoms with Crippen molar-refractivity contribution in [1.29, 1.82) is 0 Å². The van der Waals surface area contributed by atoms with Gasteiger partial charge in [0.15, 0.2) is 0 Å². The number of carbonyl (C=O) groups is 1. The molecule has 118 valence electrons. The Labute approximate surface area is 126 Å². The molecule has 0 aliphatic carbocycles. The minimum Gasteiger partial charge on any atom is -0.466 e. The second-order valence-corrected chi connectivity index (χ2v) is 5.69. The van der Waals surface area contributed by atoms with Gasteiger partial charge in [0, 0.05) is 6.08 Å². The van der Waals surface area contributed by atoms with Crippen LogP contribution in [0.4, 0.5) is 0 Å². The van der Waals surface area contributed by atoms with E-state index in [4.69, 9.17) is 0 Å². The molecule has 0 saturated carbocycles. The summed E-state index contributed by atoms with van der Waals surface area (Å²) < 4.78 is 4.68.